The van der Waals surface area contributed by atoms with E-state index >= 15 is 0 Å². The summed E-state index contributed by atoms with van der Waals surface area (Å²) in [6.45, 7) is 5.57. The Morgan fingerprint density at radius 1 is 1.27 bits per heavy atom. The molecule has 4 nitrogen and oxygen atoms in total. The summed E-state index contributed by atoms with van der Waals surface area (Å²) in [5.74, 6) is -0.136. The molecule has 0 saturated heterocycles. The minimum Gasteiger partial charge on any atom is -0.312 e. The van der Waals surface area contributed by atoms with Gasteiger partial charge in [-0.1, -0.05) is 18.7 Å². The van der Waals surface area contributed by atoms with Gasteiger partial charge in [-0.3, -0.25) is 9.36 Å². The molecule has 1 heterocycles. The molecule has 0 aliphatic rings. The SMILES string of the molecule is C=CC(=O)N(C)c1cccc(-n2cnc3cc(C)ccc32)c1. The van der Waals surface area contributed by atoms with Gasteiger partial charge in [0, 0.05) is 18.4 Å². The van der Waals surface area contributed by atoms with Crippen LogP contribution in [0.3, 0.4) is 0 Å². The predicted molar refractivity (Wildman–Crippen MR) is 89.4 cm³/mol. The first-order chi connectivity index (χ1) is 10.6. The number of imidazole rings is 1. The van der Waals surface area contributed by atoms with E-state index in [0.29, 0.717) is 0 Å². The molecule has 3 rings (SSSR count). The molecule has 0 unspecified atom stereocenters. The summed E-state index contributed by atoms with van der Waals surface area (Å²) in [5, 5.41) is 0. The normalized spacial score (nSPS) is 10.6. The number of hydrogen-bond donors (Lipinski definition) is 0. The minimum atomic E-state index is -0.136. The van der Waals surface area contributed by atoms with Gasteiger partial charge < -0.3 is 4.90 Å². The average molecular weight is 291 g/mol. The van der Waals surface area contributed by atoms with Crippen molar-refractivity contribution in [1.82, 2.24) is 9.55 Å². The van der Waals surface area contributed by atoms with E-state index < -0.39 is 0 Å². The van der Waals surface area contributed by atoms with Crippen molar-refractivity contribution in [2.24, 2.45) is 0 Å². The summed E-state index contributed by atoms with van der Waals surface area (Å²) < 4.78 is 2.02. The number of rotatable bonds is 3. The maximum Gasteiger partial charge on any atom is 0.250 e. The van der Waals surface area contributed by atoms with Crippen molar-refractivity contribution in [3.8, 4) is 5.69 Å². The fourth-order valence-corrected chi connectivity index (χ4v) is 2.44. The van der Waals surface area contributed by atoms with Crippen molar-refractivity contribution >= 4 is 22.6 Å². The van der Waals surface area contributed by atoms with Crippen LogP contribution in [-0.4, -0.2) is 22.5 Å². The summed E-state index contributed by atoms with van der Waals surface area (Å²) in [4.78, 5) is 17.8. The van der Waals surface area contributed by atoms with E-state index in [1.807, 2.05) is 28.8 Å². The topological polar surface area (TPSA) is 38.1 Å². The number of benzene rings is 2. The van der Waals surface area contributed by atoms with Crippen LogP contribution in [0.5, 0.6) is 0 Å². The number of likely N-dealkylation sites (N-methyl/N-ethyl adjacent to an activating group) is 1. The van der Waals surface area contributed by atoms with Crippen molar-refractivity contribution in [2.45, 2.75) is 6.92 Å². The molecule has 0 aliphatic carbocycles. The molecule has 1 aromatic heterocycles. The highest BCUT2D eigenvalue weighted by atomic mass is 16.2. The Balaban J connectivity index is 2.08. The lowest BCUT2D eigenvalue weighted by Gasteiger charge is -2.16. The van der Waals surface area contributed by atoms with Crippen LogP contribution in [0.15, 0.2) is 61.4 Å². The van der Waals surface area contributed by atoms with Gasteiger partial charge in [0.15, 0.2) is 0 Å². The van der Waals surface area contributed by atoms with Crippen LogP contribution >= 0.6 is 0 Å². The summed E-state index contributed by atoms with van der Waals surface area (Å²) in [6.07, 6.45) is 3.11. The van der Waals surface area contributed by atoms with Gasteiger partial charge in [0.25, 0.3) is 0 Å². The van der Waals surface area contributed by atoms with Crippen LogP contribution in [0.25, 0.3) is 16.7 Å². The van der Waals surface area contributed by atoms with Gasteiger partial charge in [0.2, 0.25) is 5.91 Å². The van der Waals surface area contributed by atoms with Gasteiger partial charge in [0.05, 0.1) is 11.0 Å². The zero-order valence-electron chi connectivity index (χ0n) is 12.7. The fourth-order valence-electron chi connectivity index (χ4n) is 2.44. The zero-order valence-corrected chi connectivity index (χ0v) is 12.7. The molecule has 0 bridgehead atoms. The molecular formula is C18H17N3O. The molecule has 0 aliphatic heterocycles. The second-order valence-corrected chi connectivity index (χ2v) is 5.23. The molecule has 4 heteroatoms. The lowest BCUT2D eigenvalue weighted by atomic mass is 10.2. The molecule has 110 valence electrons. The molecule has 22 heavy (non-hydrogen) atoms. The largest absolute Gasteiger partial charge is 0.312 e. The monoisotopic (exact) mass is 291 g/mol. The van der Waals surface area contributed by atoms with Crippen LogP contribution in [0.1, 0.15) is 5.56 Å². The van der Waals surface area contributed by atoms with E-state index in [1.165, 1.54) is 11.6 Å². The van der Waals surface area contributed by atoms with Crippen molar-refractivity contribution in [3.63, 3.8) is 0 Å². The van der Waals surface area contributed by atoms with Crippen LogP contribution in [-0.2, 0) is 4.79 Å². The van der Waals surface area contributed by atoms with Gasteiger partial charge in [0.1, 0.15) is 6.33 Å². The van der Waals surface area contributed by atoms with Crippen molar-refractivity contribution < 1.29 is 4.79 Å². The van der Waals surface area contributed by atoms with Crippen molar-refractivity contribution in [3.05, 3.63) is 67.0 Å². The van der Waals surface area contributed by atoms with E-state index in [-0.39, 0.29) is 5.91 Å². The summed E-state index contributed by atoms with van der Waals surface area (Å²) in [7, 11) is 1.73. The highest BCUT2D eigenvalue weighted by molar-refractivity contribution is 6.00. The highest BCUT2D eigenvalue weighted by Crippen LogP contribution is 2.23. The molecule has 1 amide bonds. The second-order valence-electron chi connectivity index (χ2n) is 5.23. The Morgan fingerprint density at radius 2 is 2.09 bits per heavy atom. The summed E-state index contributed by atoms with van der Waals surface area (Å²) in [5.41, 5.74) is 4.97. The maximum atomic E-state index is 11.7. The number of carbonyl (C=O) groups excluding carboxylic acids is 1. The van der Waals surface area contributed by atoms with Gasteiger partial charge in [-0.25, -0.2) is 4.98 Å². The third kappa shape index (κ3) is 2.39. The number of hydrogen-bond acceptors (Lipinski definition) is 2. The smallest absolute Gasteiger partial charge is 0.250 e. The third-order valence-electron chi connectivity index (χ3n) is 3.70. The molecule has 0 atom stereocenters. The minimum absolute atomic E-state index is 0.136. The van der Waals surface area contributed by atoms with E-state index in [9.17, 15) is 4.79 Å². The quantitative estimate of drug-likeness (QED) is 0.693. The first kappa shape index (κ1) is 14.1. The summed E-state index contributed by atoms with van der Waals surface area (Å²) in [6, 6.07) is 14.0. The van der Waals surface area contributed by atoms with E-state index in [0.717, 1.165) is 22.4 Å². The Bertz CT molecular complexity index is 864. The number of aromatic nitrogens is 2. The molecule has 2 aromatic carbocycles. The Kier molecular flexibility index (Phi) is 3.51. The van der Waals surface area contributed by atoms with E-state index in [2.05, 4.69) is 36.7 Å². The molecule has 0 saturated carbocycles. The average Bonchev–Trinajstić information content (AvgIpc) is 2.96. The number of amides is 1. The molecule has 0 fully saturated rings. The van der Waals surface area contributed by atoms with E-state index in [4.69, 9.17) is 0 Å². The molecule has 3 aromatic rings. The lowest BCUT2D eigenvalue weighted by Crippen LogP contribution is -2.23. The summed E-state index contributed by atoms with van der Waals surface area (Å²) >= 11 is 0. The third-order valence-corrected chi connectivity index (χ3v) is 3.70. The number of aryl methyl sites for hydroxylation is 1. The van der Waals surface area contributed by atoms with Gasteiger partial charge in [-0.05, 0) is 48.9 Å². The van der Waals surface area contributed by atoms with Gasteiger partial charge in [-0.2, -0.15) is 0 Å². The highest BCUT2D eigenvalue weighted by Gasteiger charge is 2.10. The number of fused-ring (bicyclic) bond motifs is 1. The predicted octanol–water partition coefficient (Wildman–Crippen LogP) is 3.48. The van der Waals surface area contributed by atoms with Crippen molar-refractivity contribution in [1.29, 1.82) is 0 Å². The first-order valence-corrected chi connectivity index (χ1v) is 7.04. The zero-order chi connectivity index (χ0) is 15.7. The number of nitrogens with zero attached hydrogens (tertiary/aromatic N) is 3. The molecular weight excluding hydrogens is 274 g/mol. The second kappa shape index (κ2) is 5.48. The Hall–Kier alpha value is -2.88. The standard InChI is InChI=1S/C18H17N3O/c1-4-18(22)20(3)14-6-5-7-15(11-14)21-12-19-16-10-13(2)8-9-17(16)21/h4-12H,1H2,2-3H3. The molecule has 0 spiro atoms. The fraction of sp³-hybridized carbons (Fsp3) is 0.111. The molecule has 0 N–H and O–H groups in total. The lowest BCUT2D eigenvalue weighted by molar-refractivity contribution is -0.113. The van der Waals surface area contributed by atoms with Crippen LogP contribution in [0, 0.1) is 6.92 Å². The van der Waals surface area contributed by atoms with Gasteiger partial charge in [-0.15, -0.1) is 0 Å². The molecule has 0 radical (unpaired) electrons. The van der Waals surface area contributed by atoms with Gasteiger partial charge >= 0.3 is 0 Å². The van der Waals surface area contributed by atoms with E-state index in [1.54, 1.807) is 18.3 Å². The van der Waals surface area contributed by atoms with Crippen LogP contribution in [0.2, 0.25) is 0 Å². The Labute approximate surface area is 129 Å². The van der Waals surface area contributed by atoms with Crippen LogP contribution < -0.4 is 4.90 Å². The first-order valence-electron chi connectivity index (χ1n) is 7.04. The maximum absolute atomic E-state index is 11.7. The number of anilines is 1. The van der Waals surface area contributed by atoms with Crippen LogP contribution in [0.4, 0.5) is 5.69 Å². The number of carbonyl (C=O) groups is 1. The Morgan fingerprint density at radius 3 is 2.86 bits per heavy atom. The van der Waals surface area contributed by atoms with Crippen molar-refractivity contribution in [2.75, 3.05) is 11.9 Å².